The summed E-state index contributed by atoms with van der Waals surface area (Å²) in [5.74, 6) is -0.235. The topological polar surface area (TPSA) is 58.8 Å². The Labute approximate surface area is 220 Å². The molecule has 0 radical (unpaired) electrons. The van der Waals surface area contributed by atoms with Gasteiger partial charge in [0.25, 0.3) is 0 Å². The average Bonchev–Trinajstić information content (AvgIpc) is 3.66. The van der Waals surface area contributed by atoms with Gasteiger partial charge >= 0.3 is 0 Å². The van der Waals surface area contributed by atoms with Crippen molar-refractivity contribution in [2.45, 2.75) is 18.5 Å². The Morgan fingerprint density at radius 1 is 0.868 bits per heavy atom. The molecule has 7 rings (SSSR count). The van der Waals surface area contributed by atoms with Gasteiger partial charge in [0.1, 0.15) is 5.69 Å². The van der Waals surface area contributed by atoms with Crippen molar-refractivity contribution in [1.82, 2.24) is 24.5 Å². The molecule has 7 nitrogen and oxygen atoms in total. The summed E-state index contributed by atoms with van der Waals surface area (Å²) in [6.45, 7) is 2.21. The largest absolute Gasteiger partial charge is 0.494 e. The molecular weight excluding hydrogens is 479 g/mol. The summed E-state index contributed by atoms with van der Waals surface area (Å²) in [5, 5.41) is 5.03. The number of nitrogens with zero attached hydrogens (tertiary/aromatic N) is 6. The van der Waals surface area contributed by atoms with Gasteiger partial charge in [-0.15, -0.1) is 0 Å². The van der Waals surface area contributed by atoms with Crippen LogP contribution >= 0.6 is 0 Å². The quantitative estimate of drug-likeness (QED) is 0.328. The number of halogens is 1. The minimum Gasteiger partial charge on any atom is -0.494 e. The summed E-state index contributed by atoms with van der Waals surface area (Å²) in [6, 6.07) is 20.7. The SMILES string of the molecule is COc1cc(-c2c(-c3ccncc3)nn3c(-c4ccc(N5C[C@H]6C[C@@H]5CN6C)cc4)ccnc23)ccc1F. The van der Waals surface area contributed by atoms with Crippen molar-refractivity contribution in [3.63, 3.8) is 0 Å². The molecule has 0 spiro atoms. The minimum atomic E-state index is -0.412. The number of ether oxygens (including phenoxy) is 1. The van der Waals surface area contributed by atoms with Gasteiger partial charge in [0.2, 0.25) is 0 Å². The van der Waals surface area contributed by atoms with Crippen LogP contribution in [0.1, 0.15) is 6.42 Å². The molecule has 38 heavy (non-hydrogen) atoms. The van der Waals surface area contributed by atoms with E-state index < -0.39 is 5.82 Å². The summed E-state index contributed by atoms with van der Waals surface area (Å²) in [4.78, 5) is 13.9. The standard InChI is InChI=1S/C30H27FN6O/c1-35-17-24-16-23(35)18-36(24)22-6-3-19(4-7-22)26-11-14-33-30-28(21-5-8-25(31)27(15-21)38-2)29(34-37(26)30)20-9-12-32-13-10-20/h3-15,23-24H,16-18H2,1-2H3/t23-,24-/m1/s1. The van der Waals surface area contributed by atoms with Crippen LogP contribution < -0.4 is 9.64 Å². The zero-order valence-electron chi connectivity index (χ0n) is 21.3. The number of piperazine rings is 1. The molecule has 2 aliphatic rings. The van der Waals surface area contributed by atoms with Gasteiger partial charge in [0, 0.05) is 60.6 Å². The average molecular weight is 507 g/mol. The number of fused-ring (bicyclic) bond motifs is 3. The Morgan fingerprint density at radius 2 is 1.66 bits per heavy atom. The predicted molar refractivity (Wildman–Crippen MR) is 146 cm³/mol. The Kier molecular flexibility index (Phi) is 5.37. The lowest BCUT2D eigenvalue weighted by Crippen LogP contribution is -2.44. The van der Waals surface area contributed by atoms with Gasteiger partial charge in [-0.3, -0.25) is 9.88 Å². The van der Waals surface area contributed by atoms with Crippen molar-refractivity contribution in [1.29, 1.82) is 0 Å². The highest BCUT2D eigenvalue weighted by molar-refractivity contribution is 5.91. The van der Waals surface area contributed by atoms with Crippen molar-refractivity contribution < 1.29 is 9.13 Å². The lowest BCUT2D eigenvalue weighted by molar-refractivity contribution is 0.292. The van der Waals surface area contributed by atoms with E-state index in [9.17, 15) is 4.39 Å². The van der Waals surface area contributed by atoms with E-state index in [0.29, 0.717) is 17.7 Å². The summed E-state index contributed by atoms with van der Waals surface area (Å²) < 4.78 is 21.4. The van der Waals surface area contributed by atoms with Gasteiger partial charge in [-0.2, -0.15) is 5.10 Å². The van der Waals surface area contributed by atoms with Gasteiger partial charge in [-0.25, -0.2) is 13.9 Å². The smallest absolute Gasteiger partial charge is 0.165 e. The number of rotatable bonds is 5. The molecule has 3 aromatic heterocycles. The second-order valence-corrected chi connectivity index (χ2v) is 10.1. The van der Waals surface area contributed by atoms with E-state index in [-0.39, 0.29) is 5.75 Å². The maximum atomic E-state index is 14.3. The van der Waals surface area contributed by atoms with E-state index in [4.69, 9.17) is 14.8 Å². The summed E-state index contributed by atoms with van der Waals surface area (Å²) in [7, 11) is 3.69. The number of likely N-dealkylation sites (tertiary alicyclic amines) is 1. The first-order valence-electron chi connectivity index (χ1n) is 12.8. The first kappa shape index (κ1) is 22.9. The van der Waals surface area contributed by atoms with Gasteiger partial charge in [0.15, 0.2) is 17.2 Å². The summed E-state index contributed by atoms with van der Waals surface area (Å²) in [6.07, 6.45) is 6.52. The van der Waals surface area contributed by atoms with Crippen LogP contribution in [0, 0.1) is 5.82 Å². The van der Waals surface area contributed by atoms with Crippen LogP contribution in [-0.2, 0) is 0 Å². The van der Waals surface area contributed by atoms with E-state index in [0.717, 1.165) is 46.7 Å². The lowest BCUT2D eigenvalue weighted by atomic mass is 10.0. The third-order valence-corrected chi connectivity index (χ3v) is 7.92. The van der Waals surface area contributed by atoms with Crippen LogP contribution in [0.2, 0.25) is 0 Å². The third kappa shape index (κ3) is 3.63. The first-order valence-corrected chi connectivity index (χ1v) is 12.8. The third-order valence-electron chi connectivity index (χ3n) is 7.92. The molecule has 190 valence electrons. The fraction of sp³-hybridized carbons (Fsp3) is 0.233. The fourth-order valence-electron chi connectivity index (χ4n) is 5.96. The molecule has 2 bridgehead atoms. The number of anilines is 1. The van der Waals surface area contributed by atoms with Crippen LogP contribution in [-0.4, -0.2) is 63.8 Å². The lowest BCUT2D eigenvalue weighted by Gasteiger charge is -2.33. The van der Waals surface area contributed by atoms with Crippen LogP contribution in [0.3, 0.4) is 0 Å². The summed E-state index contributed by atoms with van der Waals surface area (Å²) in [5.41, 5.74) is 7.16. The zero-order chi connectivity index (χ0) is 25.8. The normalized spacial score (nSPS) is 19.0. The second-order valence-electron chi connectivity index (χ2n) is 10.1. The molecule has 2 aromatic carbocycles. The van der Waals surface area contributed by atoms with Crippen LogP contribution in [0.25, 0.3) is 39.3 Å². The van der Waals surface area contributed by atoms with E-state index >= 15 is 0 Å². The number of pyridine rings is 1. The highest BCUT2D eigenvalue weighted by Crippen LogP contribution is 2.38. The fourth-order valence-corrected chi connectivity index (χ4v) is 5.96. The number of benzene rings is 2. The molecule has 5 aromatic rings. The van der Waals surface area contributed by atoms with Gasteiger partial charge in [-0.1, -0.05) is 18.2 Å². The van der Waals surface area contributed by atoms with E-state index in [1.807, 2.05) is 22.7 Å². The number of aromatic nitrogens is 4. The molecule has 2 atom stereocenters. The molecule has 2 saturated heterocycles. The van der Waals surface area contributed by atoms with Crippen LogP contribution in [0.4, 0.5) is 10.1 Å². The van der Waals surface area contributed by atoms with Crippen LogP contribution in [0.5, 0.6) is 5.75 Å². The maximum Gasteiger partial charge on any atom is 0.165 e. The Hall–Kier alpha value is -4.30. The van der Waals surface area contributed by atoms with Crippen LogP contribution in [0.15, 0.2) is 79.3 Å². The molecule has 8 heteroatoms. The highest BCUT2D eigenvalue weighted by atomic mass is 19.1. The first-order chi connectivity index (χ1) is 18.6. The van der Waals surface area contributed by atoms with Crippen molar-refractivity contribution >= 4 is 11.3 Å². The number of likely N-dealkylation sites (N-methyl/N-ethyl adjacent to an activating group) is 1. The van der Waals surface area contributed by atoms with Crippen molar-refractivity contribution in [3.8, 4) is 39.4 Å². The Morgan fingerprint density at radius 3 is 2.37 bits per heavy atom. The molecule has 0 amide bonds. The van der Waals surface area contributed by atoms with E-state index in [1.165, 1.54) is 25.3 Å². The molecule has 2 aliphatic heterocycles. The monoisotopic (exact) mass is 506 g/mol. The highest BCUT2D eigenvalue weighted by Gasteiger charge is 2.41. The molecule has 0 aliphatic carbocycles. The Bertz CT molecular complexity index is 1630. The van der Waals surface area contributed by atoms with Crippen molar-refractivity contribution in [3.05, 3.63) is 85.1 Å². The molecule has 5 heterocycles. The zero-order valence-corrected chi connectivity index (χ0v) is 21.3. The van der Waals surface area contributed by atoms with E-state index in [1.54, 1.807) is 30.7 Å². The number of hydrogen-bond donors (Lipinski definition) is 0. The Balaban J connectivity index is 1.35. The molecule has 0 saturated carbocycles. The van der Waals surface area contributed by atoms with E-state index in [2.05, 4.69) is 46.1 Å². The van der Waals surface area contributed by atoms with Crippen molar-refractivity contribution in [2.24, 2.45) is 0 Å². The van der Waals surface area contributed by atoms with Gasteiger partial charge < -0.3 is 9.64 Å². The number of methoxy groups -OCH3 is 1. The number of hydrogen-bond acceptors (Lipinski definition) is 6. The predicted octanol–water partition coefficient (Wildman–Crippen LogP) is 5.17. The molecular formula is C30H27FN6O. The van der Waals surface area contributed by atoms with Crippen molar-refractivity contribution in [2.75, 3.05) is 32.1 Å². The maximum absolute atomic E-state index is 14.3. The molecule has 0 N–H and O–H groups in total. The van der Waals surface area contributed by atoms with Gasteiger partial charge in [-0.05, 0) is 61.5 Å². The second kappa shape index (κ2) is 8.92. The van der Waals surface area contributed by atoms with Gasteiger partial charge in [0.05, 0.1) is 18.4 Å². The molecule has 0 unspecified atom stereocenters. The minimum absolute atomic E-state index is 0.177. The molecule has 2 fully saturated rings. The summed E-state index contributed by atoms with van der Waals surface area (Å²) >= 11 is 0.